The average molecular weight is 291 g/mol. The largest absolute Gasteiger partial charge is 0.484 e. The molecule has 0 spiro atoms. The minimum absolute atomic E-state index is 0.00634. The lowest BCUT2D eigenvalue weighted by Gasteiger charge is -2.39. The van der Waals surface area contributed by atoms with Crippen LogP contribution in [0.5, 0.6) is 5.75 Å². The van der Waals surface area contributed by atoms with E-state index in [4.69, 9.17) is 4.74 Å². The summed E-state index contributed by atoms with van der Waals surface area (Å²) in [6, 6.07) is 7.61. The number of nitrogens with one attached hydrogen (secondary N) is 1. The minimum Gasteiger partial charge on any atom is -0.484 e. The molecule has 2 atom stereocenters. The highest BCUT2D eigenvalue weighted by molar-refractivity contribution is 5.78. The zero-order valence-corrected chi connectivity index (χ0v) is 12.9. The van der Waals surface area contributed by atoms with Crippen molar-refractivity contribution in [2.24, 2.45) is 5.92 Å². The molecular weight excluding hydrogens is 266 g/mol. The Morgan fingerprint density at radius 2 is 2.14 bits per heavy atom. The highest BCUT2D eigenvalue weighted by Crippen LogP contribution is 2.31. The van der Waals surface area contributed by atoms with Gasteiger partial charge in [0.2, 0.25) is 0 Å². The Hall–Kier alpha value is -1.55. The molecule has 116 valence electrons. The van der Waals surface area contributed by atoms with E-state index in [2.05, 4.69) is 12.2 Å². The number of benzene rings is 1. The van der Waals surface area contributed by atoms with Gasteiger partial charge in [-0.05, 0) is 37.8 Å². The lowest BCUT2D eigenvalue weighted by atomic mass is 9.77. The standard InChI is InChI=1S/C17H25NO3/c1-13-5-7-15(8-6-13)21-11-16(20)18-17(12-19)9-3-4-14(2)10-17/h5-8,14,19H,3-4,9-12H2,1-2H3,(H,18,20). The molecule has 2 unspecified atom stereocenters. The lowest BCUT2D eigenvalue weighted by molar-refractivity contribution is -0.126. The Bertz CT molecular complexity index is 471. The topological polar surface area (TPSA) is 58.6 Å². The molecule has 0 saturated heterocycles. The molecule has 1 aliphatic carbocycles. The second-order valence-corrected chi connectivity index (χ2v) is 6.29. The first kappa shape index (κ1) is 15.8. The van der Waals surface area contributed by atoms with Crippen molar-refractivity contribution in [3.8, 4) is 5.75 Å². The summed E-state index contributed by atoms with van der Waals surface area (Å²) in [5.41, 5.74) is 0.688. The molecule has 2 rings (SSSR count). The quantitative estimate of drug-likeness (QED) is 0.876. The Morgan fingerprint density at radius 1 is 1.43 bits per heavy atom. The van der Waals surface area contributed by atoms with Crippen LogP contribution in [0.2, 0.25) is 0 Å². The van der Waals surface area contributed by atoms with Gasteiger partial charge >= 0.3 is 0 Å². The molecule has 1 amide bonds. The summed E-state index contributed by atoms with van der Waals surface area (Å²) in [6.45, 7) is 4.15. The number of carbonyl (C=O) groups is 1. The molecule has 1 fully saturated rings. The predicted octanol–water partition coefficient (Wildman–Crippen LogP) is 2.43. The first-order valence-electron chi connectivity index (χ1n) is 7.64. The van der Waals surface area contributed by atoms with Crippen LogP contribution in [-0.4, -0.2) is 29.8 Å². The Morgan fingerprint density at radius 3 is 2.76 bits per heavy atom. The van der Waals surface area contributed by atoms with Crippen LogP contribution in [0.1, 0.15) is 38.2 Å². The number of aliphatic hydroxyl groups is 1. The molecule has 0 aliphatic heterocycles. The van der Waals surface area contributed by atoms with Crippen molar-refractivity contribution in [2.75, 3.05) is 13.2 Å². The lowest BCUT2D eigenvalue weighted by Crippen LogP contribution is -2.55. The van der Waals surface area contributed by atoms with Gasteiger partial charge in [-0.2, -0.15) is 0 Å². The molecule has 0 radical (unpaired) electrons. The summed E-state index contributed by atoms with van der Waals surface area (Å²) in [6.07, 6.45) is 3.88. The molecule has 4 heteroatoms. The van der Waals surface area contributed by atoms with Crippen molar-refractivity contribution in [3.63, 3.8) is 0 Å². The summed E-state index contributed by atoms with van der Waals surface area (Å²) in [5, 5.41) is 12.6. The average Bonchev–Trinajstić information content (AvgIpc) is 2.46. The van der Waals surface area contributed by atoms with E-state index in [1.165, 1.54) is 0 Å². The van der Waals surface area contributed by atoms with Crippen LogP contribution in [0.4, 0.5) is 0 Å². The van der Waals surface area contributed by atoms with Gasteiger partial charge in [-0.25, -0.2) is 0 Å². The predicted molar refractivity (Wildman–Crippen MR) is 82.3 cm³/mol. The number of amides is 1. The van der Waals surface area contributed by atoms with Gasteiger partial charge in [0.25, 0.3) is 5.91 Å². The summed E-state index contributed by atoms with van der Waals surface area (Å²) in [7, 11) is 0. The summed E-state index contributed by atoms with van der Waals surface area (Å²) in [5.74, 6) is 1.05. The summed E-state index contributed by atoms with van der Waals surface area (Å²) < 4.78 is 5.49. The number of aryl methyl sites for hydroxylation is 1. The number of carbonyl (C=O) groups excluding carboxylic acids is 1. The van der Waals surface area contributed by atoms with Gasteiger partial charge in [-0.15, -0.1) is 0 Å². The monoisotopic (exact) mass is 291 g/mol. The molecule has 1 aliphatic rings. The zero-order chi connectivity index (χ0) is 15.3. The zero-order valence-electron chi connectivity index (χ0n) is 12.9. The van der Waals surface area contributed by atoms with Gasteiger partial charge in [0.15, 0.2) is 6.61 Å². The number of hydrogen-bond donors (Lipinski definition) is 2. The fourth-order valence-electron chi connectivity index (χ4n) is 3.07. The van der Waals surface area contributed by atoms with Gasteiger partial charge in [0.1, 0.15) is 5.75 Å². The van der Waals surface area contributed by atoms with Crippen molar-refractivity contribution in [1.82, 2.24) is 5.32 Å². The normalized spacial score (nSPS) is 25.4. The maximum atomic E-state index is 12.1. The van der Waals surface area contributed by atoms with Gasteiger partial charge in [-0.3, -0.25) is 4.79 Å². The van der Waals surface area contributed by atoms with Crippen molar-refractivity contribution >= 4 is 5.91 Å². The van der Waals surface area contributed by atoms with E-state index >= 15 is 0 Å². The van der Waals surface area contributed by atoms with E-state index in [1.807, 2.05) is 31.2 Å². The van der Waals surface area contributed by atoms with E-state index in [1.54, 1.807) is 0 Å². The molecule has 0 bridgehead atoms. The Balaban J connectivity index is 1.86. The molecule has 0 heterocycles. The fraction of sp³-hybridized carbons (Fsp3) is 0.588. The van der Waals surface area contributed by atoms with Crippen LogP contribution in [0.3, 0.4) is 0 Å². The molecule has 1 aromatic rings. The molecule has 0 aromatic heterocycles. The maximum Gasteiger partial charge on any atom is 0.258 e. The van der Waals surface area contributed by atoms with Gasteiger partial charge in [0.05, 0.1) is 12.1 Å². The number of rotatable bonds is 5. The van der Waals surface area contributed by atoms with Crippen LogP contribution in [0.25, 0.3) is 0 Å². The fourth-order valence-corrected chi connectivity index (χ4v) is 3.07. The minimum atomic E-state index is -0.467. The third kappa shape index (κ3) is 4.46. The molecule has 2 N–H and O–H groups in total. The third-order valence-corrected chi connectivity index (χ3v) is 4.19. The molecule has 21 heavy (non-hydrogen) atoms. The van der Waals surface area contributed by atoms with E-state index < -0.39 is 5.54 Å². The first-order chi connectivity index (χ1) is 10.0. The van der Waals surface area contributed by atoms with Crippen LogP contribution in [-0.2, 0) is 4.79 Å². The number of hydrogen-bond acceptors (Lipinski definition) is 3. The molecule has 4 nitrogen and oxygen atoms in total. The summed E-state index contributed by atoms with van der Waals surface area (Å²) >= 11 is 0. The van der Waals surface area contributed by atoms with Crippen molar-refractivity contribution in [2.45, 2.75) is 45.1 Å². The van der Waals surface area contributed by atoms with Gasteiger partial charge in [-0.1, -0.05) is 37.5 Å². The number of ether oxygens (including phenoxy) is 1. The van der Waals surface area contributed by atoms with Crippen molar-refractivity contribution < 1.29 is 14.6 Å². The highest BCUT2D eigenvalue weighted by atomic mass is 16.5. The van der Waals surface area contributed by atoms with Crippen molar-refractivity contribution in [3.05, 3.63) is 29.8 Å². The number of aliphatic hydroxyl groups excluding tert-OH is 1. The van der Waals surface area contributed by atoms with Gasteiger partial charge < -0.3 is 15.2 Å². The Labute approximate surface area is 126 Å². The highest BCUT2D eigenvalue weighted by Gasteiger charge is 2.35. The smallest absolute Gasteiger partial charge is 0.258 e. The molecule has 1 saturated carbocycles. The van der Waals surface area contributed by atoms with Crippen molar-refractivity contribution in [1.29, 1.82) is 0 Å². The van der Waals surface area contributed by atoms with E-state index in [0.717, 1.165) is 31.2 Å². The van der Waals surface area contributed by atoms with E-state index in [-0.39, 0.29) is 19.1 Å². The molecule has 1 aromatic carbocycles. The molecular formula is C17H25NO3. The van der Waals surface area contributed by atoms with Crippen LogP contribution in [0, 0.1) is 12.8 Å². The van der Waals surface area contributed by atoms with E-state index in [0.29, 0.717) is 11.7 Å². The van der Waals surface area contributed by atoms with E-state index in [9.17, 15) is 9.90 Å². The SMILES string of the molecule is Cc1ccc(OCC(=O)NC2(CO)CCCC(C)C2)cc1. The maximum absolute atomic E-state index is 12.1. The first-order valence-corrected chi connectivity index (χ1v) is 7.64. The Kier molecular flexibility index (Phi) is 5.23. The van der Waals surface area contributed by atoms with Crippen LogP contribution < -0.4 is 10.1 Å². The van der Waals surface area contributed by atoms with Gasteiger partial charge in [0, 0.05) is 0 Å². The second-order valence-electron chi connectivity index (χ2n) is 6.29. The second kappa shape index (κ2) is 6.94. The van der Waals surface area contributed by atoms with Crippen LogP contribution in [0.15, 0.2) is 24.3 Å². The summed E-state index contributed by atoms with van der Waals surface area (Å²) in [4.78, 5) is 12.1. The van der Waals surface area contributed by atoms with Crippen LogP contribution >= 0.6 is 0 Å². The third-order valence-electron chi connectivity index (χ3n) is 4.19.